The number of carbonyl (C=O) groups excluding carboxylic acids is 3. The van der Waals surface area contributed by atoms with Crippen molar-refractivity contribution in [3.8, 4) is 0 Å². The summed E-state index contributed by atoms with van der Waals surface area (Å²) in [5.74, 6) is -0.199. The molecule has 0 saturated heterocycles. The van der Waals surface area contributed by atoms with Crippen molar-refractivity contribution in [2.24, 2.45) is 5.73 Å². The number of amides is 2. The van der Waals surface area contributed by atoms with Crippen molar-refractivity contribution in [3.63, 3.8) is 0 Å². The zero-order valence-corrected chi connectivity index (χ0v) is 21.8. The summed E-state index contributed by atoms with van der Waals surface area (Å²) >= 11 is 1.36. The highest BCUT2D eigenvalue weighted by molar-refractivity contribution is 7.20. The molecule has 0 fully saturated rings. The fraction of sp³-hybridized carbons (Fsp3) is 0.429. The average Bonchev–Trinajstić information content (AvgIpc) is 3.33. The van der Waals surface area contributed by atoms with Gasteiger partial charge in [0.05, 0.1) is 16.3 Å². The summed E-state index contributed by atoms with van der Waals surface area (Å²) in [4.78, 5) is 44.4. The zero-order chi connectivity index (χ0) is 25.8. The van der Waals surface area contributed by atoms with Crippen LogP contribution < -0.4 is 11.1 Å². The fourth-order valence-electron chi connectivity index (χ4n) is 4.00. The number of Topliss-reactive ketones (excluding diaryl/α,β-unsaturated/α-hetero) is 1. The molecule has 192 valence electrons. The van der Waals surface area contributed by atoms with Crippen molar-refractivity contribution in [1.82, 2.24) is 15.2 Å². The van der Waals surface area contributed by atoms with Gasteiger partial charge in [-0.25, -0.2) is 4.98 Å². The van der Waals surface area contributed by atoms with E-state index in [9.17, 15) is 14.4 Å². The first-order chi connectivity index (χ1) is 17.5. The maximum absolute atomic E-state index is 13.2. The second-order valence-corrected chi connectivity index (χ2v) is 10.0. The molecular weight excluding hydrogens is 472 g/mol. The van der Waals surface area contributed by atoms with E-state index in [1.807, 2.05) is 54.6 Å². The van der Waals surface area contributed by atoms with Crippen molar-refractivity contribution >= 4 is 39.2 Å². The SMILES string of the molecule is CN(CCCCC(=O)NC(CCCCN)C(=O)c1nc2ccccc2s1)C(=O)CCc1ccccc1. The van der Waals surface area contributed by atoms with Gasteiger partial charge in [-0.1, -0.05) is 42.5 Å². The molecule has 1 atom stereocenters. The zero-order valence-electron chi connectivity index (χ0n) is 20.9. The lowest BCUT2D eigenvalue weighted by molar-refractivity contribution is -0.129. The maximum atomic E-state index is 13.2. The topological polar surface area (TPSA) is 105 Å². The Labute approximate surface area is 217 Å². The fourth-order valence-corrected chi connectivity index (χ4v) is 4.96. The summed E-state index contributed by atoms with van der Waals surface area (Å²) in [6.45, 7) is 1.15. The Hall–Kier alpha value is -3.10. The van der Waals surface area contributed by atoms with Gasteiger partial charge in [-0.15, -0.1) is 11.3 Å². The van der Waals surface area contributed by atoms with Crippen LogP contribution >= 0.6 is 11.3 Å². The minimum absolute atomic E-state index is 0.102. The summed E-state index contributed by atoms with van der Waals surface area (Å²) in [6.07, 6.45) is 4.97. The predicted molar refractivity (Wildman–Crippen MR) is 145 cm³/mol. The molecule has 2 amide bonds. The smallest absolute Gasteiger partial charge is 0.222 e. The standard InChI is InChI=1S/C28H36N4O3S/c1-32(26(34)18-17-21-11-3-2-4-12-21)20-10-8-16-25(33)30-23(14-7-9-19-29)27(35)28-31-22-13-5-6-15-24(22)36-28/h2-6,11-13,15,23H,7-10,14,16-20,29H2,1H3,(H,30,33). The second kappa shape index (κ2) is 14.5. The highest BCUT2D eigenvalue weighted by Gasteiger charge is 2.24. The molecule has 2 aromatic carbocycles. The monoisotopic (exact) mass is 508 g/mol. The van der Waals surface area contributed by atoms with Crippen LogP contribution in [0, 0.1) is 0 Å². The number of aryl methyl sites for hydroxylation is 1. The first kappa shape index (κ1) is 27.5. The molecule has 0 spiro atoms. The number of hydrogen-bond acceptors (Lipinski definition) is 6. The average molecular weight is 509 g/mol. The number of ketones is 1. The summed E-state index contributed by atoms with van der Waals surface area (Å²) in [7, 11) is 1.80. The van der Waals surface area contributed by atoms with E-state index in [1.165, 1.54) is 11.3 Å². The number of carbonyl (C=O) groups is 3. The number of fused-ring (bicyclic) bond motifs is 1. The molecule has 36 heavy (non-hydrogen) atoms. The molecule has 3 rings (SSSR count). The van der Waals surface area contributed by atoms with Gasteiger partial charge in [0.2, 0.25) is 17.6 Å². The number of nitrogens with zero attached hydrogens (tertiary/aromatic N) is 2. The maximum Gasteiger partial charge on any atom is 0.222 e. The number of rotatable bonds is 15. The van der Waals surface area contributed by atoms with Crippen LogP contribution in [0.2, 0.25) is 0 Å². The normalized spacial score (nSPS) is 11.8. The van der Waals surface area contributed by atoms with Crippen molar-refractivity contribution in [2.45, 2.75) is 57.4 Å². The summed E-state index contributed by atoms with van der Waals surface area (Å²) in [5, 5.41) is 3.35. The van der Waals surface area contributed by atoms with Crippen LogP contribution in [-0.2, 0) is 16.0 Å². The Balaban J connectivity index is 1.44. The number of unbranched alkanes of at least 4 members (excludes halogenated alkanes) is 2. The molecule has 0 saturated carbocycles. The summed E-state index contributed by atoms with van der Waals surface area (Å²) in [5.41, 5.74) is 7.56. The molecule has 0 radical (unpaired) electrons. The van der Waals surface area contributed by atoms with E-state index in [2.05, 4.69) is 10.3 Å². The molecule has 8 heteroatoms. The summed E-state index contributed by atoms with van der Waals surface area (Å²) in [6, 6.07) is 17.0. The molecule has 3 N–H and O–H groups in total. The van der Waals surface area contributed by atoms with Crippen LogP contribution in [0.15, 0.2) is 54.6 Å². The van der Waals surface area contributed by atoms with Crippen LogP contribution in [0.4, 0.5) is 0 Å². The van der Waals surface area contributed by atoms with E-state index in [0.29, 0.717) is 43.8 Å². The van der Waals surface area contributed by atoms with Crippen LogP contribution in [0.25, 0.3) is 10.2 Å². The molecule has 1 heterocycles. The minimum Gasteiger partial charge on any atom is -0.346 e. The van der Waals surface area contributed by atoms with Gasteiger partial charge in [-0.05, 0) is 62.8 Å². The molecule has 1 aromatic heterocycles. The minimum atomic E-state index is -0.605. The first-order valence-corrected chi connectivity index (χ1v) is 13.5. The largest absolute Gasteiger partial charge is 0.346 e. The molecular formula is C28H36N4O3S. The third-order valence-electron chi connectivity index (χ3n) is 6.15. The van der Waals surface area contributed by atoms with Gasteiger partial charge in [0.1, 0.15) is 0 Å². The van der Waals surface area contributed by atoms with Gasteiger partial charge in [-0.2, -0.15) is 0 Å². The van der Waals surface area contributed by atoms with Crippen molar-refractivity contribution in [2.75, 3.05) is 20.1 Å². The van der Waals surface area contributed by atoms with Crippen molar-refractivity contribution in [1.29, 1.82) is 0 Å². The van der Waals surface area contributed by atoms with E-state index in [1.54, 1.807) is 11.9 Å². The van der Waals surface area contributed by atoms with E-state index >= 15 is 0 Å². The van der Waals surface area contributed by atoms with Gasteiger partial charge in [0.15, 0.2) is 5.01 Å². The number of aromatic nitrogens is 1. The predicted octanol–water partition coefficient (Wildman–Crippen LogP) is 4.35. The van der Waals surface area contributed by atoms with Gasteiger partial charge >= 0.3 is 0 Å². The molecule has 3 aromatic rings. The number of nitrogens with two attached hydrogens (primary N) is 1. The lowest BCUT2D eigenvalue weighted by Crippen LogP contribution is -2.41. The third-order valence-corrected chi connectivity index (χ3v) is 7.20. The quantitative estimate of drug-likeness (QED) is 0.234. The molecule has 0 aliphatic heterocycles. The van der Waals surface area contributed by atoms with E-state index in [0.717, 1.165) is 41.5 Å². The molecule has 1 unspecified atom stereocenters. The highest BCUT2D eigenvalue weighted by Crippen LogP contribution is 2.23. The van der Waals surface area contributed by atoms with Crippen LogP contribution in [0.1, 0.15) is 60.3 Å². The van der Waals surface area contributed by atoms with Crippen LogP contribution in [0.3, 0.4) is 0 Å². The summed E-state index contributed by atoms with van der Waals surface area (Å²) < 4.78 is 0.954. The Morgan fingerprint density at radius 2 is 1.72 bits per heavy atom. The Kier molecular flexibility index (Phi) is 11.0. The molecule has 7 nitrogen and oxygen atoms in total. The molecule has 0 bridgehead atoms. The van der Waals surface area contributed by atoms with Gasteiger partial charge in [0.25, 0.3) is 0 Å². The molecule has 0 aliphatic carbocycles. The van der Waals surface area contributed by atoms with Crippen LogP contribution in [-0.4, -0.2) is 53.7 Å². The number of para-hydroxylation sites is 1. The number of thiazole rings is 1. The lowest BCUT2D eigenvalue weighted by atomic mass is 10.0. The van der Waals surface area contributed by atoms with Crippen LogP contribution in [0.5, 0.6) is 0 Å². The number of nitrogens with one attached hydrogen (secondary N) is 1. The van der Waals surface area contributed by atoms with Gasteiger partial charge < -0.3 is 16.0 Å². The second-order valence-electron chi connectivity index (χ2n) is 9.01. The van der Waals surface area contributed by atoms with E-state index < -0.39 is 6.04 Å². The lowest BCUT2D eigenvalue weighted by Gasteiger charge is -2.18. The van der Waals surface area contributed by atoms with Gasteiger partial charge in [-0.3, -0.25) is 14.4 Å². The van der Waals surface area contributed by atoms with E-state index in [4.69, 9.17) is 5.73 Å². The van der Waals surface area contributed by atoms with Crippen molar-refractivity contribution < 1.29 is 14.4 Å². The van der Waals surface area contributed by atoms with Crippen molar-refractivity contribution in [3.05, 3.63) is 65.2 Å². The number of benzene rings is 2. The number of hydrogen-bond donors (Lipinski definition) is 2. The molecule has 0 aliphatic rings. The van der Waals surface area contributed by atoms with E-state index in [-0.39, 0.29) is 17.6 Å². The third kappa shape index (κ3) is 8.53. The van der Waals surface area contributed by atoms with Gasteiger partial charge in [0, 0.05) is 26.4 Å². The first-order valence-electron chi connectivity index (χ1n) is 12.6. The Bertz CT molecular complexity index is 1100. The highest BCUT2D eigenvalue weighted by atomic mass is 32.1. The Morgan fingerprint density at radius 1 is 0.972 bits per heavy atom. The Morgan fingerprint density at radius 3 is 2.47 bits per heavy atom.